The van der Waals surface area contributed by atoms with Crippen LogP contribution in [0.4, 0.5) is 13.2 Å². The Bertz CT molecular complexity index is 328. The summed E-state index contributed by atoms with van der Waals surface area (Å²) in [5.41, 5.74) is 5.45. The second-order valence-corrected chi connectivity index (χ2v) is 6.85. The van der Waals surface area contributed by atoms with Crippen LogP contribution in [0.3, 0.4) is 0 Å². The number of hydrogen-bond donors (Lipinski definition) is 2. The summed E-state index contributed by atoms with van der Waals surface area (Å²) >= 11 is 0. The van der Waals surface area contributed by atoms with E-state index in [0.717, 1.165) is 25.7 Å². The van der Waals surface area contributed by atoms with Crippen molar-refractivity contribution in [1.29, 1.82) is 0 Å². The van der Waals surface area contributed by atoms with Crippen LogP contribution in [0.2, 0.25) is 0 Å². The Balaban J connectivity index is 2.56. The highest BCUT2D eigenvalue weighted by molar-refractivity contribution is 5.80. The van der Waals surface area contributed by atoms with E-state index in [1.54, 1.807) is 0 Å². The van der Waals surface area contributed by atoms with E-state index in [0.29, 0.717) is 5.92 Å². The van der Waals surface area contributed by atoms with Crippen LogP contribution in [0.15, 0.2) is 0 Å². The number of carbonyl (C=O) groups excluding carboxylic acids is 1. The molecule has 0 bridgehead atoms. The fourth-order valence-electron chi connectivity index (χ4n) is 3.04. The van der Waals surface area contributed by atoms with Crippen LogP contribution in [0.25, 0.3) is 0 Å². The maximum absolute atomic E-state index is 12.3. The fraction of sp³-hybridized carbons (Fsp3) is 0.929. The summed E-state index contributed by atoms with van der Waals surface area (Å²) in [5.74, 6) is -0.225. The molecule has 1 unspecified atom stereocenters. The van der Waals surface area contributed by atoms with Gasteiger partial charge < -0.3 is 5.73 Å². The Morgan fingerprint density at radius 3 is 2.05 bits per heavy atom. The highest BCUT2D eigenvalue weighted by Gasteiger charge is 2.36. The molecule has 1 atom stereocenters. The lowest BCUT2D eigenvalue weighted by atomic mass is 9.68. The van der Waals surface area contributed by atoms with E-state index in [4.69, 9.17) is 5.73 Å². The summed E-state index contributed by atoms with van der Waals surface area (Å²) in [6.45, 7) is 5.35. The van der Waals surface area contributed by atoms with Gasteiger partial charge in [-0.15, -0.1) is 0 Å². The van der Waals surface area contributed by atoms with Gasteiger partial charge in [0.2, 0.25) is 5.91 Å². The van der Waals surface area contributed by atoms with E-state index in [-0.39, 0.29) is 11.3 Å². The third kappa shape index (κ3) is 5.31. The van der Waals surface area contributed by atoms with E-state index in [1.807, 2.05) is 0 Å². The average Bonchev–Trinajstić information content (AvgIpc) is 2.26. The number of hydrogen-bond acceptors (Lipinski definition) is 2. The quantitative estimate of drug-likeness (QED) is 0.837. The van der Waals surface area contributed by atoms with Gasteiger partial charge in [0.1, 0.15) is 0 Å². The number of nitrogens with one attached hydrogen (secondary N) is 1. The van der Waals surface area contributed by atoms with Crippen molar-refractivity contribution in [1.82, 2.24) is 5.32 Å². The van der Waals surface area contributed by atoms with Crippen molar-refractivity contribution >= 4 is 5.91 Å². The van der Waals surface area contributed by atoms with E-state index in [1.165, 1.54) is 0 Å². The van der Waals surface area contributed by atoms with Gasteiger partial charge in [0.15, 0.2) is 0 Å². The van der Waals surface area contributed by atoms with Gasteiger partial charge in [-0.1, -0.05) is 20.8 Å². The Morgan fingerprint density at radius 2 is 1.70 bits per heavy atom. The van der Waals surface area contributed by atoms with Gasteiger partial charge in [-0.25, -0.2) is 0 Å². The van der Waals surface area contributed by atoms with Crippen molar-refractivity contribution in [2.75, 3.05) is 6.54 Å². The Hall–Kier alpha value is -0.780. The minimum atomic E-state index is -4.32. The van der Waals surface area contributed by atoms with Gasteiger partial charge in [-0.05, 0) is 42.9 Å². The molecule has 1 fully saturated rings. The SMILES string of the molecule is CC(C)(C)C1CCC(C(NCC(F)(F)F)C(N)=O)CC1. The molecule has 1 rings (SSSR count). The molecule has 0 saturated heterocycles. The number of primary amides is 1. The molecule has 3 nitrogen and oxygen atoms in total. The van der Waals surface area contributed by atoms with E-state index >= 15 is 0 Å². The number of halogens is 3. The summed E-state index contributed by atoms with van der Waals surface area (Å²) in [7, 11) is 0. The van der Waals surface area contributed by atoms with Crippen LogP contribution in [0.1, 0.15) is 46.5 Å². The van der Waals surface area contributed by atoms with Gasteiger partial charge in [0, 0.05) is 0 Å². The predicted octanol–water partition coefficient (Wildman–Crippen LogP) is 2.84. The monoisotopic (exact) mass is 294 g/mol. The van der Waals surface area contributed by atoms with Crippen LogP contribution < -0.4 is 11.1 Å². The predicted molar refractivity (Wildman–Crippen MR) is 71.9 cm³/mol. The van der Waals surface area contributed by atoms with Crippen molar-refractivity contribution in [2.45, 2.75) is 58.7 Å². The van der Waals surface area contributed by atoms with Crippen molar-refractivity contribution in [3.8, 4) is 0 Å². The molecule has 6 heteroatoms. The minimum Gasteiger partial charge on any atom is -0.368 e. The van der Waals surface area contributed by atoms with Crippen LogP contribution >= 0.6 is 0 Å². The zero-order valence-electron chi connectivity index (χ0n) is 12.4. The van der Waals surface area contributed by atoms with Crippen molar-refractivity contribution in [3.05, 3.63) is 0 Å². The highest BCUT2D eigenvalue weighted by atomic mass is 19.4. The van der Waals surface area contributed by atoms with E-state index < -0.39 is 24.7 Å². The molecule has 0 radical (unpaired) electrons. The van der Waals surface area contributed by atoms with E-state index in [9.17, 15) is 18.0 Å². The largest absolute Gasteiger partial charge is 0.401 e. The zero-order chi connectivity index (χ0) is 15.6. The third-order valence-electron chi connectivity index (χ3n) is 4.30. The second-order valence-electron chi connectivity index (χ2n) is 6.85. The van der Waals surface area contributed by atoms with Crippen molar-refractivity contribution < 1.29 is 18.0 Å². The molecule has 0 spiro atoms. The van der Waals surface area contributed by atoms with Gasteiger partial charge in [0.25, 0.3) is 0 Å². The normalized spacial score (nSPS) is 26.3. The number of alkyl halides is 3. The first-order valence-corrected chi connectivity index (χ1v) is 7.10. The molecule has 1 aliphatic carbocycles. The smallest absolute Gasteiger partial charge is 0.368 e. The zero-order valence-corrected chi connectivity index (χ0v) is 12.4. The van der Waals surface area contributed by atoms with Gasteiger partial charge in [0.05, 0.1) is 12.6 Å². The molecule has 3 N–H and O–H groups in total. The second kappa shape index (κ2) is 6.33. The lowest BCUT2D eigenvalue weighted by molar-refractivity contribution is -0.132. The topological polar surface area (TPSA) is 55.1 Å². The molecule has 0 aromatic rings. The molecule has 0 aromatic heterocycles. The number of amides is 1. The highest BCUT2D eigenvalue weighted by Crippen LogP contribution is 2.40. The van der Waals surface area contributed by atoms with Crippen LogP contribution in [-0.4, -0.2) is 24.7 Å². The van der Waals surface area contributed by atoms with E-state index in [2.05, 4.69) is 26.1 Å². The molecule has 0 aliphatic heterocycles. The first kappa shape index (κ1) is 17.3. The molecular formula is C14H25F3N2O. The van der Waals surface area contributed by atoms with Gasteiger partial charge >= 0.3 is 6.18 Å². The lowest BCUT2D eigenvalue weighted by Gasteiger charge is -2.39. The molecule has 1 saturated carbocycles. The molecule has 118 valence electrons. The summed E-state index contributed by atoms with van der Waals surface area (Å²) in [4.78, 5) is 11.4. The maximum Gasteiger partial charge on any atom is 0.401 e. The Morgan fingerprint density at radius 1 is 1.20 bits per heavy atom. The first-order valence-electron chi connectivity index (χ1n) is 7.10. The molecular weight excluding hydrogens is 269 g/mol. The molecule has 0 heterocycles. The van der Waals surface area contributed by atoms with Crippen LogP contribution in [0.5, 0.6) is 0 Å². The minimum absolute atomic E-state index is 0.0894. The van der Waals surface area contributed by atoms with Crippen molar-refractivity contribution in [3.63, 3.8) is 0 Å². The van der Waals surface area contributed by atoms with Crippen molar-refractivity contribution in [2.24, 2.45) is 23.0 Å². The molecule has 0 aromatic carbocycles. The van der Waals surface area contributed by atoms with Gasteiger partial charge in [-0.3, -0.25) is 10.1 Å². The van der Waals surface area contributed by atoms with Gasteiger partial charge in [-0.2, -0.15) is 13.2 Å². The molecule has 1 amide bonds. The summed E-state index contributed by atoms with van der Waals surface area (Å²) < 4.78 is 36.8. The number of carbonyl (C=O) groups is 1. The standard InChI is InChI=1S/C14H25F3N2O/c1-13(2,3)10-6-4-9(5-7-10)11(12(18)20)19-8-14(15,16)17/h9-11,19H,4-8H2,1-3H3,(H2,18,20). The summed E-state index contributed by atoms with van der Waals surface area (Å²) in [5, 5.41) is 2.28. The molecule has 1 aliphatic rings. The average molecular weight is 294 g/mol. The van der Waals surface area contributed by atoms with Crippen LogP contribution in [0, 0.1) is 17.3 Å². The molecule has 20 heavy (non-hydrogen) atoms. The maximum atomic E-state index is 12.3. The Labute approximate surface area is 118 Å². The summed E-state index contributed by atoms with van der Waals surface area (Å²) in [6, 6.07) is -0.877. The third-order valence-corrected chi connectivity index (χ3v) is 4.30. The Kier molecular flexibility index (Phi) is 5.46. The van der Waals surface area contributed by atoms with Crippen LogP contribution in [-0.2, 0) is 4.79 Å². The number of nitrogens with two attached hydrogens (primary N) is 1. The number of rotatable bonds is 4. The lowest BCUT2D eigenvalue weighted by Crippen LogP contribution is -2.50. The summed E-state index contributed by atoms with van der Waals surface area (Å²) in [6.07, 6.45) is -0.950. The first-order chi connectivity index (χ1) is 9.00. The fourth-order valence-corrected chi connectivity index (χ4v) is 3.04.